The molecule has 1 heterocycles. The molecule has 23 heavy (non-hydrogen) atoms. The molecule has 0 aliphatic carbocycles. The second-order valence-corrected chi connectivity index (χ2v) is 5.08. The minimum Gasteiger partial charge on any atom is -0.368 e. The first-order valence-corrected chi connectivity index (χ1v) is 7.75. The first kappa shape index (κ1) is 16.9. The topological polar surface area (TPSA) is 58.1 Å². The van der Waals surface area contributed by atoms with E-state index in [0.717, 1.165) is 12.0 Å². The zero-order valence-electron chi connectivity index (χ0n) is 13.4. The monoisotopic (exact) mass is 316 g/mol. The lowest BCUT2D eigenvalue weighted by Gasteiger charge is -2.17. The van der Waals surface area contributed by atoms with E-state index in [2.05, 4.69) is 15.5 Å². The maximum Gasteiger partial charge on any atom is 0.274 e. The summed E-state index contributed by atoms with van der Waals surface area (Å²) in [6, 6.07) is 9.83. The molecule has 0 spiro atoms. The van der Waals surface area contributed by atoms with Gasteiger partial charge < -0.3 is 10.2 Å². The molecule has 0 saturated carbocycles. The first-order chi connectivity index (χ1) is 11.1. The average molecular weight is 316 g/mol. The van der Waals surface area contributed by atoms with E-state index in [4.69, 9.17) is 0 Å². The predicted octanol–water partition coefficient (Wildman–Crippen LogP) is 2.75. The number of carbonyl (C=O) groups is 1. The van der Waals surface area contributed by atoms with Crippen LogP contribution in [0.4, 0.5) is 10.2 Å². The van der Waals surface area contributed by atoms with Gasteiger partial charge in [-0.2, -0.15) is 0 Å². The fourth-order valence-electron chi connectivity index (χ4n) is 2.20. The molecule has 0 aliphatic heterocycles. The summed E-state index contributed by atoms with van der Waals surface area (Å²) in [6.45, 7) is 5.81. The van der Waals surface area contributed by atoms with Gasteiger partial charge in [0.15, 0.2) is 5.69 Å². The van der Waals surface area contributed by atoms with Crippen molar-refractivity contribution in [3.05, 3.63) is 53.5 Å². The largest absolute Gasteiger partial charge is 0.368 e. The van der Waals surface area contributed by atoms with E-state index in [-0.39, 0.29) is 11.7 Å². The molecule has 122 valence electrons. The summed E-state index contributed by atoms with van der Waals surface area (Å²) < 4.78 is 12.8. The van der Waals surface area contributed by atoms with E-state index < -0.39 is 0 Å². The van der Waals surface area contributed by atoms with Gasteiger partial charge in [0.25, 0.3) is 5.91 Å². The average Bonchev–Trinajstić information content (AvgIpc) is 2.58. The van der Waals surface area contributed by atoms with E-state index in [1.165, 1.54) is 12.1 Å². The predicted molar refractivity (Wildman–Crippen MR) is 87.9 cm³/mol. The maximum absolute atomic E-state index is 12.8. The van der Waals surface area contributed by atoms with Crippen LogP contribution in [0.2, 0.25) is 0 Å². The highest BCUT2D eigenvalue weighted by atomic mass is 19.1. The SMILES string of the molecule is CCN(CC)C(=O)c1ccc(NCCc2ccc(F)cc2)nn1. The van der Waals surface area contributed by atoms with Crippen LogP contribution in [0.15, 0.2) is 36.4 Å². The Labute approximate surface area is 135 Å². The van der Waals surface area contributed by atoms with Gasteiger partial charge >= 0.3 is 0 Å². The molecule has 0 atom stereocenters. The lowest BCUT2D eigenvalue weighted by atomic mass is 10.1. The molecular formula is C17H21FN4O. The molecule has 1 N–H and O–H groups in total. The van der Waals surface area contributed by atoms with Crippen molar-refractivity contribution in [1.82, 2.24) is 15.1 Å². The number of carbonyl (C=O) groups excluding carboxylic acids is 1. The summed E-state index contributed by atoms with van der Waals surface area (Å²) in [7, 11) is 0. The van der Waals surface area contributed by atoms with Gasteiger partial charge in [-0.3, -0.25) is 4.79 Å². The quantitative estimate of drug-likeness (QED) is 0.853. The van der Waals surface area contributed by atoms with Crippen LogP contribution in [-0.4, -0.2) is 40.6 Å². The molecule has 0 saturated heterocycles. The molecule has 1 amide bonds. The molecule has 1 aromatic carbocycles. The Morgan fingerprint density at radius 1 is 1.09 bits per heavy atom. The van der Waals surface area contributed by atoms with Gasteiger partial charge in [0.2, 0.25) is 0 Å². The van der Waals surface area contributed by atoms with Crippen LogP contribution in [0.25, 0.3) is 0 Å². The molecule has 5 nitrogen and oxygen atoms in total. The van der Waals surface area contributed by atoms with Gasteiger partial charge in [-0.25, -0.2) is 4.39 Å². The molecule has 2 rings (SSSR count). The van der Waals surface area contributed by atoms with Crippen LogP contribution in [0.3, 0.4) is 0 Å². The third kappa shape index (κ3) is 4.74. The number of anilines is 1. The second-order valence-electron chi connectivity index (χ2n) is 5.08. The van der Waals surface area contributed by atoms with Crippen LogP contribution < -0.4 is 5.32 Å². The lowest BCUT2D eigenvalue weighted by Crippen LogP contribution is -2.31. The van der Waals surface area contributed by atoms with Crippen LogP contribution in [0.5, 0.6) is 0 Å². The Balaban J connectivity index is 1.87. The number of benzene rings is 1. The molecule has 0 aliphatic rings. The fraction of sp³-hybridized carbons (Fsp3) is 0.353. The fourth-order valence-corrected chi connectivity index (χ4v) is 2.20. The molecule has 0 unspecified atom stereocenters. The Morgan fingerprint density at radius 2 is 1.78 bits per heavy atom. The van der Waals surface area contributed by atoms with Gasteiger partial charge in [-0.05, 0) is 50.1 Å². The number of aromatic nitrogens is 2. The van der Waals surface area contributed by atoms with E-state index in [1.807, 2.05) is 13.8 Å². The number of hydrogen-bond acceptors (Lipinski definition) is 4. The summed E-state index contributed by atoms with van der Waals surface area (Å²) in [5, 5.41) is 11.1. The highest BCUT2D eigenvalue weighted by Crippen LogP contribution is 2.07. The Morgan fingerprint density at radius 3 is 2.35 bits per heavy atom. The van der Waals surface area contributed by atoms with Crippen molar-refractivity contribution in [2.24, 2.45) is 0 Å². The maximum atomic E-state index is 12.8. The molecular weight excluding hydrogens is 295 g/mol. The standard InChI is InChI=1S/C17H21FN4O/c1-3-22(4-2)17(23)15-9-10-16(21-20-15)19-12-11-13-5-7-14(18)8-6-13/h5-10H,3-4,11-12H2,1-2H3,(H,19,21). The number of nitrogens with one attached hydrogen (secondary N) is 1. The van der Waals surface area contributed by atoms with Crippen LogP contribution in [-0.2, 0) is 6.42 Å². The Kier molecular flexibility index (Phi) is 6.02. The Hall–Kier alpha value is -2.50. The zero-order valence-corrected chi connectivity index (χ0v) is 13.4. The van der Waals surface area contributed by atoms with E-state index in [1.54, 1.807) is 29.2 Å². The van der Waals surface area contributed by atoms with Gasteiger partial charge in [-0.15, -0.1) is 10.2 Å². The van der Waals surface area contributed by atoms with Gasteiger partial charge in [0.1, 0.15) is 11.6 Å². The van der Waals surface area contributed by atoms with Crippen LogP contribution in [0, 0.1) is 5.82 Å². The molecule has 0 fully saturated rings. The van der Waals surface area contributed by atoms with Crippen molar-refractivity contribution in [1.29, 1.82) is 0 Å². The molecule has 6 heteroatoms. The summed E-state index contributed by atoms with van der Waals surface area (Å²) in [5.74, 6) is 0.268. The number of rotatable bonds is 7. The number of amides is 1. The van der Waals surface area contributed by atoms with E-state index in [9.17, 15) is 9.18 Å². The van der Waals surface area contributed by atoms with Crippen molar-refractivity contribution in [2.45, 2.75) is 20.3 Å². The van der Waals surface area contributed by atoms with Crippen LogP contribution >= 0.6 is 0 Å². The molecule has 0 radical (unpaired) electrons. The molecule has 2 aromatic rings. The minimum atomic E-state index is -0.235. The third-order valence-electron chi connectivity index (χ3n) is 3.57. The summed E-state index contributed by atoms with van der Waals surface area (Å²) in [6.07, 6.45) is 0.752. The highest BCUT2D eigenvalue weighted by Gasteiger charge is 2.14. The highest BCUT2D eigenvalue weighted by molar-refractivity contribution is 5.92. The van der Waals surface area contributed by atoms with E-state index in [0.29, 0.717) is 31.1 Å². The summed E-state index contributed by atoms with van der Waals surface area (Å²) >= 11 is 0. The Bertz CT molecular complexity index is 624. The molecule has 1 aromatic heterocycles. The van der Waals surface area contributed by atoms with Crippen molar-refractivity contribution in [3.63, 3.8) is 0 Å². The minimum absolute atomic E-state index is 0.111. The van der Waals surface area contributed by atoms with E-state index >= 15 is 0 Å². The lowest BCUT2D eigenvalue weighted by molar-refractivity contribution is 0.0766. The van der Waals surface area contributed by atoms with Gasteiger partial charge in [-0.1, -0.05) is 12.1 Å². The third-order valence-corrected chi connectivity index (χ3v) is 3.57. The van der Waals surface area contributed by atoms with Gasteiger partial charge in [0, 0.05) is 19.6 Å². The second kappa shape index (κ2) is 8.22. The smallest absolute Gasteiger partial charge is 0.274 e. The summed E-state index contributed by atoms with van der Waals surface area (Å²) in [5.41, 5.74) is 1.39. The first-order valence-electron chi connectivity index (χ1n) is 7.75. The molecule has 0 bridgehead atoms. The normalized spacial score (nSPS) is 10.4. The number of nitrogens with zero attached hydrogens (tertiary/aromatic N) is 3. The summed E-state index contributed by atoms with van der Waals surface area (Å²) in [4.78, 5) is 13.8. The van der Waals surface area contributed by atoms with Gasteiger partial charge in [0.05, 0.1) is 0 Å². The zero-order chi connectivity index (χ0) is 16.7. The van der Waals surface area contributed by atoms with Crippen molar-refractivity contribution < 1.29 is 9.18 Å². The van der Waals surface area contributed by atoms with Crippen molar-refractivity contribution >= 4 is 11.7 Å². The van der Waals surface area contributed by atoms with Crippen molar-refractivity contribution in [2.75, 3.05) is 25.0 Å². The van der Waals surface area contributed by atoms with Crippen LogP contribution in [0.1, 0.15) is 29.9 Å². The number of hydrogen-bond donors (Lipinski definition) is 1. The number of halogens is 1. The van der Waals surface area contributed by atoms with Crippen molar-refractivity contribution in [3.8, 4) is 0 Å².